The van der Waals surface area contributed by atoms with E-state index in [1.165, 1.54) is 0 Å². The van der Waals surface area contributed by atoms with Crippen LogP contribution in [0.2, 0.25) is 0 Å². The minimum atomic E-state index is -3.07. The van der Waals surface area contributed by atoms with Crippen LogP contribution in [0.15, 0.2) is 0 Å². The molecule has 136 valence electrons. The zero-order valence-corrected chi connectivity index (χ0v) is 11.9. The summed E-state index contributed by atoms with van der Waals surface area (Å²) in [5.41, 5.74) is 0. The maximum absolute atomic E-state index is 12.2. The molecule has 1 unspecified atom stereocenters. The standard InChI is InChI=1S/C12H22O11/c13-1-3(15)5(16)7(18)9(20)11(22)12-10(21)8(19)6(17)4(2-14)23-12/h3-10,12-21H,1-2H2/t3-,4-,5-,6+,7+,8+,9+,10-,12?/m1/s1/i12D. The van der Waals surface area contributed by atoms with Crippen molar-refractivity contribution in [2.24, 2.45) is 0 Å². The van der Waals surface area contributed by atoms with Gasteiger partial charge in [0.25, 0.3) is 0 Å². The number of carbonyl (C=O) groups excluding carboxylic acids is 1. The van der Waals surface area contributed by atoms with Gasteiger partial charge in [-0.05, 0) is 0 Å². The molecule has 1 rings (SSSR count). The fourth-order valence-corrected chi connectivity index (χ4v) is 2.04. The van der Waals surface area contributed by atoms with E-state index in [1.807, 2.05) is 0 Å². The van der Waals surface area contributed by atoms with Gasteiger partial charge in [0.2, 0.25) is 0 Å². The first-order valence-corrected chi connectivity index (χ1v) is 6.73. The van der Waals surface area contributed by atoms with E-state index in [0.29, 0.717) is 0 Å². The van der Waals surface area contributed by atoms with Crippen LogP contribution in [-0.2, 0) is 9.53 Å². The first kappa shape index (κ1) is 18.6. The van der Waals surface area contributed by atoms with E-state index in [0.717, 1.165) is 0 Å². The fraction of sp³-hybridized carbons (Fsp3) is 0.917. The molecule has 0 amide bonds. The van der Waals surface area contributed by atoms with E-state index in [2.05, 4.69) is 0 Å². The van der Waals surface area contributed by atoms with Crippen LogP contribution in [0.1, 0.15) is 1.37 Å². The van der Waals surface area contributed by atoms with Crippen molar-refractivity contribution < 1.29 is 56.9 Å². The summed E-state index contributed by atoms with van der Waals surface area (Å²) in [6.07, 6.45) is -19.9. The number of Topliss-reactive ketones (excluding diaryl/α,β-unsaturated/α-hetero) is 1. The number of carbonyl (C=O) groups is 1. The molecule has 0 aromatic heterocycles. The Labute approximate surface area is 132 Å². The van der Waals surface area contributed by atoms with Crippen LogP contribution in [0.3, 0.4) is 0 Å². The van der Waals surface area contributed by atoms with Gasteiger partial charge in [0, 0.05) is 0 Å². The Balaban J connectivity index is 3.02. The highest BCUT2D eigenvalue weighted by atomic mass is 16.5. The third kappa shape index (κ3) is 4.22. The summed E-state index contributed by atoms with van der Waals surface area (Å²) in [5, 5.41) is 84.8. The second-order valence-corrected chi connectivity index (χ2v) is 5.17. The van der Waals surface area contributed by atoms with Crippen molar-refractivity contribution in [1.82, 2.24) is 0 Å². The van der Waals surface area contributed by atoms with E-state index < -0.39 is 73.9 Å². The van der Waals surface area contributed by atoms with Crippen molar-refractivity contribution in [3.05, 3.63) is 0 Å². The zero-order valence-electron chi connectivity index (χ0n) is 12.9. The Morgan fingerprint density at radius 1 is 1.00 bits per heavy atom. The van der Waals surface area contributed by atoms with Gasteiger partial charge in [0.1, 0.15) is 54.9 Å². The molecule has 0 aliphatic carbocycles. The van der Waals surface area contributed by atoms with Gasteiger partial charge in [0.05, 0.1) is 14.6 Å². The molecule has 0 aromatic carbocycles. The first-order valence-electron chi connectivity index (χ1n) is 7.23. The molecule has 23 heavy (non-hydrogen) atoms. The molecule has 11 heteroatoms. The predicted octanol–water partition coefficient (Wildman–Crippen LogP) is -6.17. The molecule has 0 radical (unpaired) electrons. The van der Waals surface area contributed by atoms with Crippen LogP contribution in [0, 0.1) is 0 Å². The maximum atomic E-state index is 12.2. The van der Waals surface area contributed by atoms with Crippen LogP contribution < -0.4 is 0 Å². The highest BCUT2D eigenvalue weighted by Crippen LogP contribution is 2.23. The number of ether oxygens (including phenoxy) is 1. The number of aliphatic hydroxyl groups excluding tert-OH is 9. The summed E-state index contributed by atoms with van der Waals surface area (Å²) in [4.78, 5) is 12.2. The van der Waals surface area contributed by atoms with Crippen LogP contribution in [0.5, 0.6) is 0 Å². The lowest BCUT2D eigenvalue weighted by Crippen LogP contribution is -2.63. The van der Waals surface area contributed by atoms with Gasteiger partial charge in [-0.15, -0.1) is 0 Å². The second kappa shape index (κ2) is 8.39. The predicted molar refractivity (Wildman–Crippen MR) is 69.9 cm³/mol. The fourth-order valence-electron chi connectivity index (χ4n) is 2.04. The van der Waals surface area contributed by atoms with Crippen molar-refractivity contribution >= 4 is 5.78 Å². The lowest BCUT2D eigenvalue weighted by molar-refractivity contribution is -0.231. The van der Waals surface area contributed by atoms with E-state index in [-0.39, 0.29) is 0 Å². The molecule has 0 saturated carbocycles. The summed E-state index contributed by atoms with van der Waals surface area (Å²) >= 11 is 0. The molecule has 0 aromatic rings. The van der Waals surface area contributed by atoms with Gasteiger partial charge >= 0.3 is 0 Å². The van der Waals surface area contributed by atoms with Gasteiger partial charge < -0.3 is 50.7 Å². The molecule has 9 N–H and O–H groups in total. The normalized spacial score (nSPS) is 40.8. The average molecular weight is 343 g/mol. The Kier molecular flexibility index (Phi) is 6.79. The molecule has 1 heterocycles. The largest absolute Gasteiger partial charge is 0.394 e. The third-order valence-corrected chi connectivity index (χ3v) is 3.55. The van der Waals surface area contributed by atoms with E-state index >= 15 is 0 Å². The van der Waals surface area contributed by atoms with Crippen molar-refractivity contribution in [3.63, 3.8) is 0 Å². The summed E-state index contributed by atoms with van der Waals surface area (Å²) in [6.45, 7) is -1.93. The van der Waals surface area contributed by atoms with Crippen molar-refractivity contribution in [2.75, 3.05) is 13.2 Å². The molecular formula is C12H22O11. The number of ketones is 1. The quantitative estimate of drug-likeness (QED) is 0.212. The molecule has 11 nitrogen and oxygen atoms in total. The summed E-state index contributed by atoms with van der Waals surface area (Å²) < 4.78 is 12.6. The van der Waals surface area contributed by atoms with Crippen LogP contribution in [-0.4, -0.2) is 120 Å². The molecule has 1 saturated heterocycles. The minimum Gasteiger partial charge on any atom is -0.394 e. The second-order valence-electron chi connectivity index (χ2n) is 5.17. The number of hydrogen-bond donors (Lipinski definition) is 9. The molecule has 1 aliphatic heterocycles. The highest BCUT2D eigenvalue weighted by molar-refractivity contribution is 5.88. The Morgan fingerprint density at radius 3 is 2.04 bits per heavy atom. The minimum absolute atomic E-state index is 0.927. The lowest BCUT2D eigenvalue weighted by atomic mass is 9.89. The molecule has 0 spiro atoms. The van der Waals surface area contributed by atoms with Gasteiger partial charge in [-0.1, -0.05) is 0 Å². The molecule has 1 fully saturated rings. The molecule has 9 atom stereocenters. The summed E-state index contributed by atoms with van der Waals surface area (Å²) in [6, 6.07) is 0. The van der Waals surface area contributed by atoms with Gasteiger partial charge in [-0.2, -0.15) is 0 Å². The highest BCUT2D eigenvalue weighted by Gasteiger charge is 2.49. The smallest absolute Gasteiger partial charge is 0.195 e. The number of aliphatic hydroxyl groups is 9. The van der Waals surface area contributed by atoms with Crippen molar-refractivity contribution in [1.29, 1.82) is 0 Å². The third-order valence-electron chi connectivity index (χ3n) is 3.55. The first-order chi connectivity index (χ1) is 11.0. The monoisotopic (exact) mass is 343 g/mol. The summed E-state index contributed by atoms with van der Waals surface area (Å²) in [5.74, 6) is -1.70. The van der Waals surface area contributed by atoms with Crippen molar-refractivity contribution in [2.45, 2.75) is 54.9 Å². The van der Waals surface area contributed by atoms with Gasteiger partial charge in [-0.25, -0.2) is 0 Å². The van der Waals surface area contributed by atoms with E-state index in [4.69, 9.17) is 16.3 Å². The summed E-state index contributed by atoms with van der Waals surface area (Å²) in [7, 11) is 0. The topological polar surface area (TPSA) is 208 Å². The molecular weight excluding hydrogens is 320 g/mol. The molecule has 1 aliphatic rings. The number of rotatable bonds is 7. The van der Waals surface area contributed by atoms with E-state index in [9.17, 15) is 40.5 Å². The Morgan fingerprint density at radius 2 is 1.57 bits per heavy atom. The number of hydrogen-bond acceptors (Lipinski definition) is 11. The Bertz CT molecular complexity index is 435. The van der Waals surface area contributed by atoms with E-state index in [1.54, 1.807) is 0 Å². The van der Waals surface area contributed by atoms with Crippen LogP contribution >= 0.6 is 0 Å². The van der Waals surface area contributed by atoms with Gasteiger partial charge in [-0.3, -0.25) is 4.79 Å². The van der Waals surface area contributed by atoms with Gasteiger partial charge in [0.15, 0.2) is 5.78 Å². The zero-order chi connectivity index (χ0) is 18.8. The maximum Gasteiger partial charge on any atom is 0.195 e. The SMILES string of the molecule is [2H]C1(C(=O)[C@@H](O)[C@@H](O)[C@H](O)[C@H](O)CO)O[C@H](CO)[C@H](O)[C@H](O)[C@H]1O. The average Bonchev–Trinajstić information content (AvgIpc) is 2.59. The van der Waals surface area contributed by atoms with Crippen molar-refractivity contribution in [3.8, 4) is 0 Å². The Hall–Kier alpha value is -0.730. The molecule has 0 bridgehead atoms. The van der Waals surface area contributed by atoms with Crippen LogP contribution in [0.4, 0.5) is 0 Å². The lowest BCUT2D eigenvalue weighted by Gasteiger charge is -2.40. The van der Waals surface area contributed by atoms with Crippen LogP contribution in [0.25, 0.3) is 0 Å².